The van der Waals surface area contributed by atoms with E-state index in [-0.39, 0.29) is 11.5 Å². The molecule has 0 aliphatic heterocycles. The predicted octanol–water partition coefficient (Wildman–Crippen LogP) is 0.361. The molecule has 1 aliphatic carbocycles. The van der Waals surface area contributed by atoms with Crippen LogP contribution in [0.4, 0.5) is 0 Å². The second-order valence-corrected chi connectivity index (χ2v) is 5.88. The molecule has 0 aromatic carbocycles. The molecule has 6 nitrogen and oxygen atoms in total. The monoisotopic (exact) mass is 292 g/mol. The largest absolute Gasteiger partial charge is 0.354 e. The van der Waals surface area contributed by atoms with Crippen molar-refractivity contribution in [3.8, 4) is 0 Å². The van der Waals surface area contributed by atoms with Crippen molar-refractivity contribution in [1.29, 1.82) is 0 Å². The number of nitrogens with one attached hydrogen (secondary N) is 1. The number of hydrogen-bond acceptors (Lipinski definition) is 4. The van der Waals surface area contributed by atoms with Crippen molar-refractivity contribution in [2.24, 2.45) is 0 Å². The lowest BCUT2D eigenvalue weighted by atomic mass is 10.2. The first-order chi connectivity index (χ1) is 9.99. The van der Waals surface area contributed by atoms with Gasteiger partial charge in [-0.1, -0.05) is 0 Å². The normalized spacial score (nSPS) is 15.0. The van der Waals surface area contributed by atoms with E-state index in [1.165, 1.54) is 4.68 Å². The maximum Gasteiger partial charge on any atom is 0.267 e. The number of carbonyl (C=O) groups is 1. The minimum Gasteiger partial charge on any atom is -0.354 e. The first-order valence-corrected chi connectivity index (χ1v) is 7.53. The number of nitrogens with zero attached hydrogens (tertiary/aromatic N) is 3. The minimum atomic E-state index is -0.567. The zero-order chi connectivity index (χ0) is 15.4. The van der Waals surface area contributed by atoms with Gasteiger partial charge in [-0.05, 0) is 58.8 Å². The molecule has 0 radical (unpaired) electrons. The van der Waals surface area contributed by atoms with Gasteiger partial charge in [0.05, 0.1) is 5.69 Å². The third-order valence-corrected chi connectivity index (χ3v) is 3.81. The molecule has 1 aromatic heterocycles. The molecule has 0 saturated heterocycles. The van der Waals surface area contributed by atoms with Crippen LogP contribution in [0.1, 0.15) is 37.1 Å². The Labute approximate surface area is 125 Å². The lowest BCUT2D eigenvalue weighted by molar-refractivity contribution is -0.124. The van der Waals surface area contributed by atoms with E-state index in [0.717, 1.165) is 43.5 Å². The predicted molar refractivity (Wildman–Crippen MR) is 81.4 cm³/mol. The third-order valence-electron chi connectivity index (χ3n) is 3.81. The average molecular weight is 292 g/mol. The van der Waals surface area contributed by atoms with E-state index in [9.17, 15) is 9.59 Å². The first kappa shape index (κ1) is 15.7. The van der Waals surface area contributed by atoms with Crippen molar-refractivity contribution in [2.45, 2.75) is 38.6 Å². The second-order valence-electron chi connectivity index (χ2n) is 5.88. The van der Waals surface area contributed by atoms with Gasteiger partial charge < -0.3 is 10.2 Å². The van der Waals surface area contributed by atoms with E-state index >= 15 is 0 Å². The summed E-state index contributed by atoms with van der Waals surface area (Å²) >= 11 is 0. The molecule has 1 aliphatic rings. The molecule has 21 heavy (non-hydrogen) atoms. The summed E-state index contributed by atoms with van der Waals surface area (Å²) in [5, 5.41) is 7.23. The van der Waals surface area contributed by atoms with E-state index in [4.69, 9.17) is 0 Å². The average Bonchev–Trinajstić information content (AvgIpc) is 2.88. The maximum atomic E-state index is 12.1. The topological polar surface area (TPSA) is 67.2 Å². The van der Waals surface area contributed by atoms with Crippen molar-refractivity contribution in [2.75, 3.05) is 27.2 Å². The fraction of sp³-hybridized carbons (Fsp3) is 0.667. The molecule has 6 heteroatoms. The van der Waals surface area contributed by atoms with Gasteiger partial charge in [0.2, 0.25) is 5.91 Å². The first-order valence-electron chi connectivity index (χ1n) is 7.53. The van der Waals surface area contributed by atoms with Crippen LogP contribution in [-0.4, -0.2) is 47.8 Å². The van der Waals surface area contributed by atoms with Gasteiger partial charge in [-0.2, -0.15) is 5.10 Å². The highest BCUT2D eigenvalue weighted by Crippen LogP contribution is 2.17. The lowest BCUT2D eigenvalue weighted by Crippen LogP contribution is -2.38. The van der Waals surface area contributed by atoms with E-state index in [2.05, 4.69) is 15.3 Å². The number of amides is 1. The highest BCUT2D eigenvalue weighted by molar-refractivity contribution is 5.79. The Morgan fingerprint density at radius 2 is 2.24 bits per heavy atom. The van der Waals surface area contributed by atoms with Crippen molar-refractivity contribution in [1.82, 2.24) is 20.0 Å². The molecule has 0 spiro atoms. The molecule has 116 valence electrons. The Balaban J connectivity index is 1.98. The van der Waals surface area contributed by atoms with Crippen LogP contribution in [0.5, 0.6) is 0 Å². The third kappa shape index (κ3) is 3.91. The molecule has 1 N–H and O–H groups in total. The number of carbonyl (C=O) groups excluding carboxylic acids is 1. The zero-order valence-electron chi connectivity index (χ0n) is 13.1. The summed E-state index contributed by atoms with van der Waals surface area (Å²) in [4.78, 5) is 26.2. The van der Waals surface area contributed by atoms with Crippen LogP contribution in [0.3, 0.4) is 0 Å². The minimum absolute atomic E-state index is 0.152. The van der Waals surface area contributed by atoms with Gasteiger partial charge in [-0.3, -0.25) is 9.59 Å². The molecule has 0 fully saturated rings. The molecule has 2 rings (SSSR count). The van der Waals surface area contributed by atoms with Gasteiger partial charge in [0.25, 0.3) is 5.56 Å². The smallest absolute Gasteiger partial charge is 0.267 e. The summed E-state index contributed by atoms with van der Waals surface area (Å²) in [6.07, 6.45) is 3.74. The van der Waals surface area contributed by atoms with E-state index in [0.29, 0.717) is 6.54 Å². The molecule has 1 aromatic rings. The SMILES string of the molecule is CC(C(=O)NCCCN(C)C)n1nc2c(cc1=O)CCC2. The van der Waals surface area contributed by atoms with Crippen LogP contribution in [0.25, 0.3) is 0 Å². The maximum absolute atomic E-state index is 12.1. The summed E-state index contributed by atoms with van der Waals surface area (Å²) in [6, 6.07) is 1.06. The van der Waals surface area contributed by atoms with Crippen LogP contribution < -0.4 is 10.9 Å². The molecular formula is C15H24N4O2. The molecule has 0 bridgehead atoms. The Hall–Kier alpha value is -1.69. The van der Waals surface area contributed by atoms with E-state index < -0.39 is 6.04 Å². The summed E-state index contributed by atoms with van der Waals surface area (Å²) in [5.41, 5.74) is 1.81. The van der Waals surface area contributed by atoms with Crippen LogP contribution in [0, 0.1) is 0 Å². The molecular weight excluding hydrogens is 268 g/mol. The van der Waals surface area contributed by atoms with Gasteiger partial charge in [0.1, 0.15) is 6.04 Å². The van der Waals surface area contributed by atoms with Crippen LogP contribution in [0.2, 0.25) is 0 Å². The van der Waals surface area contributed by atoms with Crippen molar-refractivity contribution in [3.05, 3.63) is 27.7 Å². The van der Waals surface area contributed by atoms with E-state index in [1.54, 1.807) is 13.0 Å². The standard InChI is InChI=1S/C15H24N4O2/c1-11(15(21)16-8-5-9-18(2)3)19-14(20)10-12-6-4-7-13(12)17-19/h10-11H,4-9H2,1-3H3,(H,16,21). The molecule has 1 atom stereocenters. The number of aryl methyl sites for hydroxylation is 2. The van der Waals surface area contributed by atoms with Gasteiger partial charge in [-0.15, -0.1) is 0 Å². The highest BCUT2D eigenvalue weighted by atomic mass is 16.2. The number of fused-ring (bicyclic) bond motifs is 1. The van der Waals surface area contributed by atoms with Gasteiger partial charge in [-0.25, -0.2) is 4.68 Å². The Bertz CT molecular complexity index is 565. The number of rotatable bonds is 6. The zero-order valence-corrected chi connectivity index (χ0v) is 13.1. The van der Waals surface area contributed by atoms with Gasteiger partial charge in [0.15, 0.2) is 0 Å². The van der Waals surface area contributed by atoms with Crippen LogP contribution in [-0.2, 0) is 17.6 Å². The second kappa shape index (κ2) is 6.85. The highest BCUT2D eigenvalue weighted by Gasteiger charge is 2.20. The van der Waals surface area contributed by atoms with Crippen molar-refractivity contribution < 1.29 is 4.79 Å². The fourth-order valence-electron chi connectivity index (χ4n) is 2.56. The number of hydrogen-bond donors (Lipinski definition) is 1. The summed E-state index contributed by atoms with van der Waals surface area (Å²) in [7, 11) is 4.00. The summed E-state index contributed by atoms with van der Waals surface area (Å²) < 4.78 is 1.31. The van der Waals surface area contributed by atoms with Crippen LogP contribution in [0.15, 0.2) is 10.9 Å². The molecule has 0 saturated carbocycles. The van der Waals surface area contributed by atoms with Gasteiger partial charge >= 0.3 is 0 Å². The Kier molecular flexibility index (Phi) is 5.12. The van der Waals surface area contributed by atoms with Crippen LogP contribution >= 0.6 is 0 Å². The summed E-state index contributed by atoms with van der Waals surface area (Å²) in [5.74, 6) is -0.152. The molecule has 1 amide bonds. The van der Waals surface area contributed by atoms with Crippen molar-refractivity contribution in [3.63, 3.8) is 0 Å². The van der Waals surface area contributed by atoms with E-state index in [1.807, 2.05) is 14.1 Å². The lowest BCUT2D eigenvalue weighted by Gasteiger charge is -2.15. The Morgan fingerprint density at radius 1 is 1.48 bits per heavy atom. The number of aromatic nitrogens is 2. The fourth-order valence-corrected chi connectivity index (χ4v) is 2.56. The molecule has 1 unspecified atom stereocenters. The van der Waals surface area contributed by atoms with Crippen molar-refractivity contribution >= 4 is 5.91 Å². The quantitative estimate of drug-likeness (QED) is 0.769. The Morgan fingerprint density at radius 3 is 2.95 bits per heavy atom. The molecule has 1 heterocycles. The summed E-state index contributed by atoms with van der Waals surface area (Å²) in [6.45, 7) is 3.25. The van der Waals surface area contributed by atoms with Gasteiger partial charge in [0, 0.05) is 12.6 Å².